The maximum absolute atomic E-state index is 13.9. The molecular weight excluding hydrogens is 239 g/mol. The van der Waals surface area contributed by atoms with Gasteiger partial charge in [-0.1, -0.05) is 18.2 Å². The maximum Gasteiger partial charge on any atom is 0.146 e. The lowest BCUT2D eigenvalue weighted by Gasteiger charge is -2.28. The number of halogens is 1. The lowest BCUT2D eigenvalue weighted by molar-refractivity contribution is 0.598. The topological polar surface area (TPSA) is 29.3 Å². The molecule has 98 valence electrons. The monoisotopic (exact) mass is 256 g/mol. The summed E-state index contributed by atoms with van der Waals surface area (Å²) in [6, 6.07) is 13.2. The molecule has 1 aliphatic rings. The molecule has 0 amide bonds. The number of hydrogen-bond donors (Lipinski definition) is 1. The zero-order chi connectivity index (χ0) is 13.4. The van der Waals surface area contributed by atoms with Crippen LogP contribution in [-0.4, -0.2) is 7.05 Å². The van der Waals surface area contributed by atoms with Gasteiger partial charge in [-0.15, -0.1) is 0 Å². The number of benzene rings is 2. The van der Waals surface area contributed by atoms with Crippen molar-refractivity contribution in [3.05, 3.63) is 59.4 Å². The molecule has 19 heavy (non-hydrogen) atoms. The molecule has 0 saturated carbocycles. The molecule has 0 radical (unpaired) electrons. The highest BCUT2D eigenvalue weighted by Gasteiger charge is 2.27. The van der Waals surface area contributed by atoms with E-state index >= 15 is 0 Å². The quantitative estimate of drug-likeness (QED) is 0.833. The first-order valence-corrected chi connectivity index (χ1v) is 6.52. The first-order chi connectivity index (χ1) is 9.16. The van der Waals surface area contributed by atoms with Gasteiger partial charge in [-0.05, 0) is 48.2 Å². The Labute approximate surface area is 112 Å². The number of anilines is 2. The van der Waals surface area contributed by atoms with E-state index in [-0.39, 0.29) is 11.9 Å². The molecule has 0 heterocycles. The van der Waals surface area contributed by atoms with Crippen LogP contribution in [0.4, 0.5) is 15.8 Å². The second-order valence-corrected chi connectivity index (χ2v) is 5.08. The van der Waals surface area contributed by atoms with Gasteiger partial charge in [0.2, 0.25) is 0 Å². The van der Waals surface area contributed by atoms with Crippen LogP contribution in [0.5, 0.6) is 0 Å². The number of nitrogens with zero attached hydrogens (tertiary/aromatic N) is 1. The predicted octanol–water partition coefficient (Wildman–Crippen LogP) is 3.53. The molecule has 1 aliphatic carbocycles. The lowest BCUT2D eigenvalue weighted by Crippen LogP contribution is -2.23. The fourth-order valence-electron chi connectivity index (χ4n) is 2.92. The van der Waals surface area contributed by atoms with Crippen molar-refractivity contribution in [2.45, 2.75) is 18.9 Å². The van der Waals surface area contributed by atoms with Crippen molar-refractivity contribution in [2.75, 3.05) is 17.7 Å². The Balaban J connectivity index is 1.96. The zero-order valence-corrected chi connectivity index (χ0v) is 10.9. The van der Waals surface area contributed by atoms with Crippen LogP contribution in [0.3, 0.4) is 0 Å². The first-order valence-electron chi connectivity index (χ1n) is 6.52. The van der Waals surface area contributed by atoms with E-state index in [0.29, 0.717) is 5.69 Å². The zero-order valence-electron chi connectivity index (χ0n) is 10.9. The Bertz CT molecular complexity index is 609. The van der Waals surface area contributed by atoms with Crippen LogP contribution in [-0.2, 0) is 6.42 Å². The molecule has 0 saturated heterocycles. The normalized spacial score (nSPS) is 17.3. The highest BCUT2D eigenvalue weighted by atomic mass is 19.1. The van der Waals surface area contributed by atoms with E-state index in [1.165, 1.54) is 17.2 Å². The molecule has 0 aromatic heterocycles. The number of nitrogen functional groups attached to an aromatic ring is 1. The average Bonchev–Trinajstić information content (AvgIpc) is 2.81. The van der Waals surface area contributed by atoms with E-state index in [1.54, 1.807) is 6.07 Å². The van der Waals surface area contributed by atoms with Crippen LogP contribution in [0.1, 0.15) is 23.6 Å². The summed E-state index contributed by atoms with van der Waals surface area (Å²) in [5.74, 6) is -0.172. The lowest BCUT2D eigenvalue weighted by atomic mass is 10.1. The second-order valence-electron chi connectivity index (χ2n) is 5.08. The first kappa shape index (κ1) is 12.0. The molecule has 0 bridgehead atoms. The Kier molecular flexibility index (Phi) is 2.90. The van der Waals surface area contributed by atoms with Gasteiger partial charge in [0.1, 0.15) is 5.82 Å². The van der Waals surface area contributed by atoms with Crippen molar-refractivity contribution in [3.8, 4) is 0 Å². The number of rotatable bonds is 2. The second kappa shape index (κ2) is 4.57. The van der Waals surface area contributed by atoms with Gasteiger partial charge in [-0.25, -0.2) is 4.39 Å². The summed E-state index contributed by atoms with van der Waals surface area (Å²) in [5, 5.41) is 0. The highest BCUT2D eigenvalue weighted by Crippen LogP contribution is 2.38. The Morgan fingerprint density at radius 1 is 1.21 bits per heavy atom. The molecule has 0 spiro atoms. The summed E-state index contributed by atoms with van der Waals surface area (Å²) < 4.78 is 13.9. The summed E-state index contributed by atoms with van der Waals surface area (Å²) in [6.45, 7) is 0. The summed E-state index contributed by atoms with van der Waals surface area (Å²) in [7, 11) is 1.95. The summed E-state index contributed by atoms with van der Waals surface area (Å²) in [4.78, 5) is 2.03. The van der Waals surface area contributed by atoms with E-state index in [4.69, 9.17) is 5.73 Å². The van der Waals surface area contributed by atoms with Crippen molar-refractivity contribution < 1.29 is 4.39 Å². The van der Waals surface area contributed by atoms with Crippen LogP contribution in [0.15, 0.2) is 42.5 Å². The van der Waals surface area contributed by atoms with Crippen molar-refractivity contribution in [1.82, 2.24) is 0 Å². The molecule has 0 fully saturated rings. The smallest absolute Gasteiger partial charge is 0.146 e. The molecular formula is C16H17FN2. The number of fused-ring (bicyclic) bond motifs is 1. The van der Waals surface area contributed by atoms with E-state index in [1.807, 2.05) is 36.2 Å². The van der Waals surface area contributed by atoms with Crippen LogP contribution >= 0.6 is 0 Å². The summed E-state index contributed by atoms with van der Waals surface area (Å²) in [5.41, 5.74) is 9.81. The van der Waals surface area contributed by atoms with Gasteiger partial charge >= 0.3 is 0 Å². The minimum absolute atomic E-state index is 0.172. The molecule has 2 nitrogen and oxygen atoms in total. The van der Waals surface area contributed by atoms with Gasteiger partial charge < -0.3 is 10.6 Å². The molecule has 3 heteroatoms. The number of aryl methyl sites for hydroxylation is 1. The molecule has 2 aromatic rings. The fraction of sp³-hybridized carbons (Fsp3) is 0.250. The van der Waals surface area contributed by atoms with Gasteiger partial charge in [-0.3, -0.25) is 0 Å². The third-order valence-corrected chi connectivity index (χ3v) is 3.91. The third-order valence-electron chi connectivity index (χ3n) is 3.91. The maximum atomic E-state index is 13.9. The van der Waals surface area contributed by atoms with Crippen LogP contribution in [0.25, 0.3) is 0 Å². The van der Waals surface area contributed by atoms with Gasteiger partial charge in [0, 0.05) is 12.7 Å². The van der Waals surface area contributed by atoms with Crippen molar-refractivity contribution in [2.24, 2.45) is 0 Å². The summed E-state index contributed by atoms with van der Waals surface area (Å²) in [6.07, 6.45) is 2.01. The van der Waals surface area contributed by atoms with Crippen molar-refractivity contribution >= 4 is 11.4 Å². The third kappa shape index (κ3) is 2.05. The molecule has 1 atom stereocenters. The molecule has 0 aliphatic heterocycles. The van der Waals surface area contributed by atoms with Gasteiger partial charge in [-0.2, -0.15) is 0 Å². The molecule has 3 rings (SSSR count). The molecule has 1 unspecified atom stereocenters. The number of para-hydroxylation sites is 1. The Hall–Kier alpha value is -2.03. The van der Waals surface area contributed by atoms with Crippen LogP contribution in [0, 0.1) is 5.82 Å². The predicted molar refractivity (Wildman–Crippen MR) is 76.7 cm³/mol. The standard InChI is InChI=1S/C16H17FN2/c1-19(16-5-3-2-4-14(16)17)15-9-6-11-10-12(18)7-8-13(11)15/h2-5,7-8,10,15H,6,9,18H2,1H3. The Morgan fingerprint density at radius 3 is 2.79 bits per heavy atom. The van der Waals surface area contributed by atoms with Gasteiger partial charge in [0.25, 0.3) is 0 Å². The van der Waals surface area contributed by atoms with Crippen LogP contribution < -0.4 is 10.6 Å². The van der Waals surface area contributed by atoms with Crippen molar-refractivity contribution in [1.29, 1.82) is 0 Å². The minimum Gasteiger partial charge on any atom is -0.399 e. The van der Waals surface area contributed by atoms with E-state index in [2.05, 4.69) is 6.07 Å². The summed E-state index contributed by atoms with van der Waals surface area (Å²) >= 11 is 0. The number of hydrogen-bond acceptors (Lipinski definition) is 2. The van der Waals surface area contributed by atoms with E-state index in [9.17, 15) is 4.39 Å². The SMILES string of the molecule is CN(c1ccccc1F)C1CCc2cc(N)ccc21. The Morgan fingerprint density at radius 2 is 2.00 bits per heavy atom. The fourth-order valence-corrected chi connectivity index (χ4v) is 2.92. The molecule has 2 N–H and O–H groups in total. The van der Waals surface area contributed by atoms with Gasteiger partial charge in [0.05, 0.1) is 11.7 Å². The average molecular weight is 256 g/mol. The van der Waals surface area contributed by atoms with Gasteiger partial charge in [0.15, 0.2) is 0 Å². The highest BCUT2D eigenvalue weighted by molar-refractivity contribution is 5.54. The molecule has 2 aromatic carbocycles. The minimum atomic E-state index is -0.172. The number of nitrogens with two attached hydrogens (primary N) is 1. The largest absolute Gasteiger partial charge is 0.399 e. The van der Waals surface area contributed by atoms with Crippen LogP contribution in [0.2, 0.25) is 0 Å². The van der Waals surface area contributed by atoms with E-state index in [0.717, 1.165) is 18.5 Å². The van der Waals surface area contributed by atoms with Crippen molar-refractivity contribution in [3.63, 3.8) is 0 Å². The van der Waals surface area contributed by atoms with E-state index < -0.39 is 0 Å².